The van der Waals surface area contributed by atoms with Crippen molar-refractivity contribution in [2.75, 3.05) is 26.9 Å². The van der Waals surface area contributed by atoms with Crippen LogP contribution in [0.5, 0.6) is 11.5 Å². The lowest BCUT2D eigenvalue weighted by Crippen LogP contribution is -2.45. The summed E-state index contributed by atoms with van der Waals surface area (Å²) in [5.74, 6) is 2.26. The van der Waals surface area contributed by atoms with Gasteiger partial charge in [-0.1, -0.05) is 127 Å². The number of para-hydroxylation sites is 1. The number of likely N-dealkylation sites (N-methyl/N-ethyl adjacent to an activating group) is 1. The van der Waals surface area contributed by atoms with Crippen LogP contribution in [-0.2, 0) is 9.53 Å². The Morgan fingerprint density at radius 2 is 1.35 bits per heavy atom. The summed E-state index contributed by atoms with van der Waals surface area (Å²) in [6, 6.07) is 14.3. The van der Waals surface area contributed by atoms with Gasteiger partial charge in [0.05, 0.1) is 25.6 Å². The highest BCUT2D eigenvalue weighted by Crippen LogP contribution is 2.51. The molecule has 0 N–H and O–H groups in total. The van der Waals surface area contributed by atoms with Crippen LogP contribution in [0.25, 0.3) is 0 Å². The predicted molar refractivity (Wildman–Crippen MR) is 179 cm³/mol. The summed E-state index contributed by atoms with van der Waals surface area (Å²) in [6.07, 6.45) is 19.7. The molecule has 43 heavy (non-hydrogen) atoms. The molecule has 1 saturated heterocycles. The fourth-order valence-corrected chi connectivity index (χ4v) is 7.37. The Hall–Kier alpha value is -2.04. The Labute approximate surface area is 267 Å². The van der Waals surface area contributed by atoms with Gasteiger partial charge in [-0.05, 0) is 44.5 Å². The van der Waals surface area contributed by atoms with Crippen molar-refractivity contribution in [1.82, 2.24) is 0 Å². The van der Waals surface area contributed by atoms with Crippen LogP contribution in [0.3, 0.4) is 0 Å². The summed E-state index contributed by atoms with van der Waals surface area (Å²) in [7, 11) is 2.22. The molecule has 0 amide bonds. The molecule has 2 heterocycles. The zero-order valence-electron chi connectivity index (χ0n) is 27.5. The fourth-order valence-electron chi connectivity index (χ4n) is 7.19. The summed E-state index contributed by atoms with van der Waals surface area (Å²) in [5, 5.41) is 0.727. The number of carbonyl (C=O) groups is 1. The quantitative estimate of drug-likeness (QED) is 0.0956. The fraction of sp³-hybridized carbons (Fsp3) is 0.658. The van der Waals surface area contributed by atoms with Crippen LogP contribution < -0.4 is 4.74 Å². The lowest BCUT2D eigenvalue weighted by Gasteiger charge is -2.31. The predicted octanol–water partition coefficient (Wildman–Crippen LogP) is 11.2. The van der Waals surface area contributed by atoms with Gasteiger partial charge in [-0.3, -0.25) is 9.28 Å². The Kier molecular flexibility index (Phi) is 12.8. The van der Waals surface area contributed by atoms with E-state index in [-0.39, 0.29) is 17.8 Å². The average molecular weight is 611 g/mol. The number of benzene rings is 2. The zero-order valence-corrected chi connectivity index (χ0v) is 28.2. The standard InChI is InChI=1S/C38H57ClNO3/c1-5-6-7-8-9-10-11-12-13-14-15-16-17-20-25-38(2,3)37(41)42-29-40(4)27-33-31-21-18-19-22-35(31)43-36-24-23-30(39)26-32(36)34(33)28-40/h18-19,21-24,26,33-34H,5-17,20,25,27-29H2,1-4H3/q+1. The third-order valence-corrected chi connectivity index (χ3v) is 10.1. The topological polar surface area (TPSA) is 35.5 Å². The van der Waals surface area contributed by atoms with Gasteiger partial charge in [-0.2, -0.15) is 0 Å². The summed E-state index contributed by atoms with van der Waals surface area (Å²) < 4.78 is 13.1. The number of quaternary nitrogens is 1. The minimum absolute atomic E-state index is 0.0687. The number of fused-ring (bicyclic) bond motifs is 5. The van der Waals surface area contributed by atoms with Gasteiger partial charge < -0.3 is 9.47 Å². The molecular formula is C38H57ClNO3+. The molecule has 0 aliphatic carbocycles. The number of halogens is 1. The Balaban J connectivity index is 1.17. The van der Waals surface area contributed by atoms with E-state index in [2.05, 4.69) is 52.1 Å². The lowest BCUT2D eigenvalue weighted by molar-refractivity contribution is -0.915. The van der Waals surface area contributed by atoms with Gasteiger partial charge in [0, 0.05) is 28.0 Å². The van der Waals surface area contributed by atoms with E-state index in [1.54, 1.807) is 0 Å². The Morgan fingerprint density at radius 3 is 1.98 bits per heavy atom. The molecule has 0 spiro atoms. The van der Waals surface area contributed by atoms with Crippen molar-refractivity contribution in [3.8, 4) is 11.5 Å². The number of hydrogen-bond donors (Lipinski definition) is 0. The number of likely N-dealkylation sites (tertiary alicyclic amines) is 1. The molecule has 0 bridgehead atoms. The maximum Gasteiger partial charge on any atom is 0.315 e. The van der Waals surface area contributed by atoms with Gasteiger partial charge in [-0.25, -0.2) is 0 Å². The van der Waals surface area contributed by atoms with Crippen LogP contribution in [0.15, 0.2) is 42.5 Å². The van der Waals surface area contributed by atoms with Crippen molar-refractivity contribution in [2.24, 2.45) is 5.41 Å². The van der Waals surface area contributed by atoms with E-state index in [1.807, 2.05) is 18.2 Å². The van der Waals surface area contributed by atoms with E-state index in [0.29, 0.717) is 11.2 Å². The molecule has 0 radical (unpaired) electrons. The first-order valence-electron chi connectivity index (χ1n) is 17.3. The van der Waals surface area contributed by atoms with Gasteiger partial charge in [0.2, 0.25) is 6.73 Å². The Bertz CT molecular complexity index is 1160. The number of unbranched alkanes of at least 4 members (excludes halogenated alkanes) is 13. The zero-order chi connectivity index (χ0) is 30.7. The highest BCUT2D eigenvalue weighted by atomic mass is 35.5. The maximum atomic E-state index is 13.3. The van der Waals surface area contributed by atoms with Crippen molar-refractivity contribution in [2.45, 2.75) is 129 Å². The molecule has 2 aliphatic heterocycles. The third kappa shape index (κ3) is 9.72. The molecule has 1 fully saturated rings. The largest absolute Gasteiger partial charge is 0.457 e. The van der Waals surface area contributed by atoms with Crippen LogP contribution >= 0.6 is 11.6 Å². The van der Waals surface area contributed by atoms with Gasteiger partial charge >= 0.3 is 5.97 Å². The van der Waals surface area contributed by atoms with E-state index in [9.17, 15) is 4.79 Å². The van der Waals surface area contributed by atoms with Crippen LogP contribution in [0.2, 0.25) is 5.02 Å². The molecule has 238 valence electrons. The first-order chi connectivity index (χ1) is 20.7. The molecular weight excluding hydrogens is 554 g/mol. The normalized spacial score (nSPS) is 21.0. The van der Waals surface area contributed by atoms with Gasteiger partial charge in [-0.15, -0.1) is 0 Å². The second kappa shape index (κ2) is 16.3. The molecule has 4 rings (SSSR count). The van der Waals surface area contributed by atoms with E-state index >= 15 is 0 Å². The van der Waals surface area contributed by atoms with Gasteiger partial charge in [0.25, 0.3) is 0 Å². The third-order valence-electron chi connectivity index (χ3n) is 9.89. The van der Waals surface area contributed by atoms with E-state index < -0.39 is 5.41 Å². The number of rotatable bonds is 18. The second-order valence-electron chi connectivity index (χ2n) is 14.3. The molecule has 0 aromatic heterocycles. The molecule has 2 aliphatic rings. The molecule has 2 aromatic rings. The number of nitrogens with zero attached hydrogens (tertiary/aromatic N) is 1. The molecule has 3 atom stereocenters. The molecule has 4 nitrogen and oxygen atoms in total. The summed E-state index contributed by atoms with van der Waals surface area (Å²) in [4.78, 5) is 13.3. The SMILES string of the molecule is CCCCCCCCCCCCCCCCC(C)(C)C(=O)OC[N+]1(C)CC2c3ccccc3Oc3ccc(Cl)cc3C2C1. The van der Waals surface area contributed by atoms with Crippen molar-refractivity contribution >= 4 is 17.6 Å². The van der Waals surface area contributed by atoms with Crippen LogP contribution in [0.1, 0.15) is 140 Å². The van der Waals surface area contributed by atoms with Crippen molar-refractivity contribution in [3.05, 3.63) is 58.6 Å². The first kappa shape index (κ1) is 33.8. The molecule has 2 aromatic carbocycles. The summed E-state index contributed by atoms with van der Waals surface area (Å²) >= 11 is 6.44. The number of hydrogen-bond acceptors (Lipinski definition) is 3. The van der Waals surface area contributed by atoms with E-state index in [0.717, 1.165) is 48.0 Å². The molecule has 3 unspecified atom stereocenters. The summed E-state index contributed by atoms with van der Waals surface area (Å²) in [5.41, 5.74) is 1.92. The number of ether oxygens (including phenoxy) is 2. The molecule has 0 saturated carbocycles. The van der Waals surface area contributed by atoms with Gasteiger partial charge in [0.15, 0.2) is 0 Å². The smallest absolute Gasteiger partial charge is 0.315 e. The monoisotopic (exact) mass is 610 g/mol. The van der Waals surface area contributed by atoms with Crippen LogP contribution in [0.4, 0.5) is 0 Å². The second-order valence-corrected chi connectivity index (χ2v) is 14.7. The van der Waals surface area contributed by atoms with Crippen molar-refractivity contribution in [3.63, 3.8) is 0 Å². The van der Waals surface area contributed by atoms with E-state index in [1.165, 1.54) is 89.0 Å². The van der Waals surface area contributed by atoms with Crippen LogP contribution in [-0.4, -0.2) is 37.3 Å². The first-order valence-corrected chi connectivity index (χ1v) is 17.7. The van der Waals surface area contributed by atoms with E-state index in [4.69, 9.17) is 21.1 Å². The lowest BCUT2D eigenvalue weighted by atomic mass is 9.84. The minimum Gasteiger partial charge on any atom is -0.457 e. The van der Waals surface area contributed by atoms with Gasteiger partial charge in [0.1, 0.15) is 11.5 Å². The van der Waals surface area contributed by atoms with Crippen LogP contribution in [0, 0.1) is 5.41 Å². The van der Waals surface area contributed by atoms with Crippen molar-refractivity contribution in [1.29, 1.82) is 0 Å². The highest BCUT2D eigenvalue weighted by Gasteiger charge is 2.48. The minimum atomic E-state index is -0.458. The Morgan fingerprint density at radius 1 is 0.814 bits per heavy atom. The average Bonchev–Trinajstić information content (AvgIpc) is 3.29. The number of esters is 1. The maximum absolute atomic E-state index is 13.3. The number of carbonyl (C=O) groups excluding carboxylic acids is 1. The highest BCUT2D eigenvalue weighted by molar-refractivity contribution is 6.30. The summed E-state index contributed by atoms with van der Waals surface area (Å²) in [6.45, 7) is 8.55. The molecule has 5 heteroatoms. The van der Waals surface area contributed by atoms with Crippen molar-refractivity contribution < 1.29 is 18.8 Å².